The molecule has 1 N–H and O–H groups in total. The van der Waals surface area contributed by atoms with Crippen LogP contribution in [0.2, 0.25) is 0 Å². The van der Waals surface area contributed by atoms with E-state index in [1.807, 2.05) is 38.1 Å². The maximum absolute atomic E-state index is 13.0. The van der Waals surface area contributed by atoms with Gasteiger partial charge in [0.25, 0.3) is 11.7 Å². The van der Waals surface area contributed by atoms with Gasteiger partial charge in [-0.1, -0.05) is 38.8 Å². The van der Waals surface area contributed by atoms with Gasteiger partial charge in [-0.15, -0.1) is 0 Å². The first-order chi connectivity index (χ1) is 15.9. The maximum atomic E-state index is 13.0. The van der Waals surface area contributed by atoms with Crippen molar-refractivity contribution < 1.29 is 24.2 Å². The van der Waals surface area contributed by atoms with E-state index in [0.29, 0.717) is 30.9 Å². The minimum Gasteiger partial charge on any atom is -0.507 e. The number of aliphatic hydroxyl groups excluding tert-OH is 1. The summed E-state index contributed by atoms with van der Waals surface area (Å²) in [7, 11) is 1.57. The molecule has 0 bridgehead atoms. The van der Waals surface area contributed by atoms with Crippen LogP contribution in [0.3, 0.4) is 0 Å². The molecule has 1 atom stereocenters. The largest absolute Gasteiger partial charge is 0.507 e. The predicted molar refractivity (Wildman–Crippen MR) is 128 cm³/mol. The van der Waals surface area contributed by atoms with Crippen molar-refractivity contribution in [2.75, 3.05) is 20.3 Å². The number of nitrogens with zero attached hydrogens (tertiary/aromatic N) is 1. The molecule has 0 spiro atoms. The minimum absolute atomic E-state index is 0.110. The lowest BCUT2D eigenvalue weighted by Gasteiger charge is -2.25. The van der Waals surface area contributed by atoms with Crippen molar-refractivity contribution in [3.05, 3.63) is 64.7 Å². The van der Waals surface area contributed by atoms with Gasteiger partial charge in [0, 0.05) is 12.1 Å². The maximum Gasteiger partial charge on any atom is 0.295 e. The second-order valence-electron chi connectivity index (χ2n) is 8.30. The number of ether oxygens (including phenoxy) is 2. The molecule has 0 aliphatic carbocycles. The van der Waals surface area contributed by atoms with Crippen LogP contribution in [0.4, 0.5) is 0 Å². The first-order valence-electron chi connectivity index (χ1n) is 11.6. The minimum atomic E-state index is -0.666. The van der Waals surface area contributed by atoms with E-state index < -0.39 is 17.7 Å². The van der Waals surface area contributed by atoms with Gasteiger partial charge in [0.15, 0.2) is 0 Å². The normalized spacial score (nSPS) is 17.5. The number of aliphatic hydroxyl groups is 1. The summed E-state index contributed by atoms with van der Waals surface area (Å²) in [6.45, 7) is 7.01. The molecule has 1 unspecified atom stereocenters. The SMILES string of the molecule is CCCCCOc1ccc(C2/C(=C(/O)c3ccc(OC)cc3C)C(=O)C(=O)N2CCC)cc1. The number of methoxy groups -OCH3 is 1. The Hall–Kier alpha value is -3.28. The Kier molecular flexibility index (Phi) is 8.15. The monoisotopic (exact) mass is 451 g/mol. The molecule has 1 amide bonds. The van der Waals surface area contributed by atoms with Gasteiger partial charge in [0.1, 0.15) is 17.3 Å². The van der Waals surface area contributed by atoms with E-state index in [0.717, 1.165) is 36.1 Å². The molecule has 33 heavy (non-hydrogen) atoms. The molecule has 2 aromatic carbocycles. The number of ketones is 1. The summed E-state index contributed by atoms with van der Waals surface area (Å²) in [5, 5.41) is 11.2. The van der Waals surface area contributed by atoms with E-state index >= 15 is 0 Å². The van der Waals surface area contributed by atoms with Crippen LogP contribution in [-0.4, -0.2) is 42.0 Å². The number of hydrogen-bond donors (Lipinski definition) is 1. The van der Waals surface area contributed by atoms with Crippen LogP contribution in [0, 0.1) is 6.92 Å². The molecule has 2 aromatic rings. The van der Waals surface area contributed by atoms with Crippen LogP contribution >= 0.6 is 0 Å². The molecule has 0 aromatic heterocycles. The number of Topliss-reactive ketones (excluding diaryl/α,β-unsaturated/α-hetero) is 1. The predicted octanol–water partition coefficient (Wildman–Crippen LogP) is 5.40. The summed E-state index contributed by atoms with van der Waals surface area (Å²) in [5.74, 6) is -0.0256. The van der Waals surface area contributed by atoms with Crippen molar-refractivity contribution in [1.29, 1.82) is 0 Å². The quantitative estimate of drug-likeness (QED) is 0.226. The van der Waals surface area contributed by atoms with Crippen LogP contribution < -0.4 is 9.47 Å². The molecule has 6 heteroatoms. The molecule has 1 aliphatic rings. The summed E-state index contributed by atoms with van der Waals surface area (Å²) in [5.41, 5.74) is 2.13. The number of carbonyl (C=O) groups excluding carboxylic acids is 2. The summed E-state index contributed by atoms with van der Waals surface area (Å²) in [4.78, 5) is 27.4. The Balaban J connectivity index is 2.01. The highest BCUT2D eigenvalue weighted by atomic mass is 16.5. The van der Waals surface area contributed by atoms with E-state index in [1.54, 1.807) is 30.2 Å². The summed E-state index contributed by atoms with van der Waals surface area (Å²) in [6.07, 6.45) is 3.94. The smallest absolute Gasteiger partial charge is 0.295 e. The summed E-state index contributed by atoms with van der Waals surface area (Å²) in [6, 6.07) is 12.0. The molecule has 1 fully saturated rings. The highest BCUT2D eigenvalue weighted by Crippen LogP contribution is 2.40. The molecular formula is C27H33NO5. The van der Waals surface area contributed by atoms with Crippen molar-refractivity contribution in [1.82, 2.24) is 4.90 Å². The highest BCUT2D eigenvalue weighted by molar-refractivity contribution is 6.46. The molecule has 176 valence electrons. The van der Waals surface area contributed by atoms with Gasteiger partial charge < -0.3 is 19.5 Å². The Bertz CT molecular complexity index is 1030. The fourth-order valence-corrected chi connectivity index (χ4v) is 4.16. The Morgan fingerprint density at radius 1 is 1.00 bits per heavy atom. The molecule has 6 nitrogen and oxygen atoms in total. The lowest BCUT2D eigenvalue weighted by atomic mass is 9.94. The van der Waals surface area contributed by atoms with Gasteiger partial charge in [-0.2, -0.15) is 0 Å². The number of rotatable bonds is 10. The second kappa shape index (κ2) is 11.0. The number of aryl methyl sites for hydroxylation is 1. The van der Waals surface area contributed by atoms with Crippen LogP contribution in [0.15, 0.2) is 48.0 Å². The molecule has 0 radical (unpaired) electrons. The molecule has 1 saturated heterocycles. The van der Waals surface area contributed by atoms with Crippen molar-refractivity contribution in [2.24, 2.45) is 0 Å². The van der Waals surface area contributed by atoms with Crippen LogP contribution in [0.25, 0.3) is 5.76 Å². The van der Waals surface area contributed by atoms with Crippen molar-refractivity contribution in [2.45, 2.75) is 52.5 Å². The van der Waals surface area contributed by atoms with Crippen LogP contribution in [-0.2, 0) is 9.59 Å². The molecule has 1 heterocycles. The third-order valence-electron chi connectivity index (χ3n) is 5.91. The number of likely N-dealkylation sites (tertiary alicyclic amines) is 1. The van der Waals surface area contributed by atoms with Gasteiger partial charge in [-0.3, -0.25) is 9.59 Å². The number of benzene rings is 2. The van der Waals surface area contributed by atoms with E-state index in [9.17, 15) is 14.7 Å². The van der Waals surface area contributed by atoms with E-state index in [-0.39, 0.29) is 11.3 Å². The van der Waals surface area contributed by atoms with Crippen LogP contribution in [0.5, 0.6) is 11.5 Å². The summed E-state index contributed by atoms with van der Waals surface area (Å²) < 4.78 is 11.0. The number of hydrogen-bond acceptors (Lipinski definition) is 5. The highest BCUT2D eigenvalue weighted by Gasteiger charge is 2.45. The summed E-state index contributed by atoms with van der Waals surface area (Å²) >= 11 is 0. The first-order valence-corrected chi connectivity index (χ1v) is 11.6. The Morgan fingerprint density at radius 3 is 2.30 bits per heavy atom. The molecular weight excluding hydrogens is 418 g/mol. The van der Waals surface area contributed by atoms with E-state index in [4.69, 9.17) is 9.47 Å². The van der Waals surface area contributed by atoms with Gasteiger partial charge >= 0.3 is 0 Å². The molecule has 0 saturated carbocycles. The number of carbonyl (C=O) groups is 2. The molecule has 3 rings (SSSR count). The van der Waals surface area contributed by atoms with Crippen molar-refractivity contribution >= 4 is 17.4 Å². The van der Waals surface area contributed by atoms with Crippen LogP contribution in [0.1, 0.15) is 62.3 Å². The first kappa shape index (κ1) is 24.4. The van der Waals surface area contributed by atoms with Gasteiger partial charge in [0.05, 0.1) is 25.3 Å². The number of unbranched alkanes of at least 4 members (excludes halogenated alkanes) is 2. The van der Waals surface area contributed by atoms with E-state index in [2.05, 4.69) is 6.92 Å². The fraction of sp³-hybridized carbons (Fsp3) is 0.407. The third kappa shape index (κ3) is 5.21. The topological polar surface area (TPSA) is 76.1 Å². The average Bonchev–Trinajstić information content (AvgIpc) is 3.07. The molecule has 1 aliphatic heterocycles. The Labute approximate surface area is 195 Å². The average molecular weight is 452 g/mol. The lowest BCUT2D eigenvalue weighted by Crippen LogP contribution is -2.30. The fourth-order valence-electron chi connectivity index (χ4n) is 4.16. The zero-order valence-corrected chi connectivity index (χ0v) is 19.9. The zero-order chi connectivity index (χ0) is 24.0. The lowest BCUT2D eigenvalue weighted by molar-refractivity contribution is -0.139. The van der Waals surface area contributed by atoms with Gasteiger partial charge in [0.2, 0.25) is 0 Å². The standard InChI is InChI=1S/C27H33NO5/c1-5-7-8-16-33-20-11-9-19(10-12-20)24-23(26(30)27(31)28(24)15-6-2)25(29)22-14-13-21(32-4)17-18(22)3/h9-14,17,24,29H,5-8,15-16H2,1-4H3/b25-23-. The number of amides is 1. The van der Waals surface area contributed by atoms with E-state index in [1.165, 1.54) is 0 Å². The zero-order valence-electron chi connectivity index (χ0n) is 19.9. The van der Waals surface area contributed by atoms with Gasteiger partial charge in [-0.25, -0.2) is 0 Å². The van der Waals surface area contributed by atoms with Gasteiger partial charge in [-0.05, 0) is 61.2 Å². The van der Waals surface area contributed by atoms with Crippen molar-refractivity contribution in [3.63, 3.8) is 0 Å². The third-order valence-corrected chi connectivity index (χ3v) is 5.91. The Morgan fingerprint density at radius 2 is 1.70 bits per heavy atom. The van der Waals surface area contributed by atoms with Crippen molar-refractivity contribution in [3.8, 4) is 11.5 Å². The second-order valence-corrected chi connectivity index (χ2v) is 8.30.